The molecule has 1 atom stereocenters. The second kappa shape index (κ2) is 8.24. The Hall–Kier alpha value is -3.22. The number of phenols is 1. The van der Waals surface area contributed by atoms with E-state index in [2.05, 4.69) is 5.32 Å². The van der Waals surface area contributed by atoms with Gasteiger partial charge in [0.1, 0.15) is 23.4 Å². The van der Waals surface area contributed by atoms with Crippen molar-refractivity contribution in [3.8, 4) is 5.75 Å². The Morgan fingerprint density at radius 1 is 1.19 bits per heavy atom. The number of hydrogen-bond acceptors (Lipinski definition) is 3. The highest BCUT2D eigenvalue weighted by molar-refractivity contribution is 5.94. The first kappa shape index (κ1) is 19.1. The number of phenolic OH excluding ortho intramolecular Hbond substituents is 1. The molecule has 2 aromatic carbocycles. The molecule has 0 unspecified atom stereocenters. The van der Waals surface area contributed by atoms with E-state index in [1.807, 2.05) is 0 Å². The van der Waals surface area contributed by atoms with Crippen LogP contribution in [0.25, 0.3) is 6.08 Å². The second-order valence-electron chi connectivity index (χ2n) is 5.71. The van der Waals surface area contributed by atoms with Crippen molar-refractivity contribution in [3.05, 3.63) is 70.8 Å². The van der Waals surface area contributed by atoms with Gasteiger partial charge in [-0.2, -0.15) is 0 Å². The van der Waals surface area contributed by atoms with Crippen LogP contribution >= 0.6 is 0 Å². The topological polar surface area (TPSA) is 86.6 Å². The fourth-order valence-electron chi connectivity index (χ4n) is 2.36. The number of carboxylic acid groups (broad SMARTS) is 1. The van der Waals surface area contributed by atoms with E-state index in [0.717, 1.165) is 30.4 Å². The summed E-state index contributed by atoms with van der Waals surface area (Å²) in [6, 6.07) is 6.08. The lowest BCUT2D eigenvalue weighted by atomic mass is 10.0. The molecular weight excluding hydrogens is 344 g/mol. The van der Waals surface area contributed by atoms with Gasteiger partial charge in [0.05, 0.1) is 0 Å². The Morgan fingerprint density at radius 2 is 1.92 bits per heavy atom. The number of nitrogens with one attached hydrogen (secondary N) is 1. The zero-order valence-electron chi connectivity index (χ0n) is 13.9. The molecule has 5 nitrogen and oxygen atoms in total. The van der Waals surface area contributed by atoms with Crippen LogP contribution in [-0.2, 0) is 16.0 Å². The van der Waals surface area contributed by atoms with E-state index >= 15 is 0 Å². The van der Waals surface area contributed by atoms with Gasteiger partial charge in [-0.1, -0.05) is 6.07 Å². The monoisotopic (exact) mass is 361 g/mol. The zero-order valence-corrected chi connectivity index (χ0v) is 13.9. The van der Waals surface area contributed by atoms with Crippen molar-refractivity contribution in [2.45, 2.75) is 19.4 Å². The number of carbonyl (C=O) groups is 2. The molecule has 2 rings (SSSR count). The first-order valence-corrected chi connectivity index (χ1v) is 7.71. The van der Waals surface area contributed by atoms with E-state index in [1.165, 1.54) is 12.1 Å². The van der Waals surface area contributed by atoms with E-state index in [0.29, 0.717) is 11.1 Å². The maximum Gasteiger partial charge on any atom is 0.326 e. The molecule has 0 heterocycles. The van der Waals surface area contributed by atoms with Crippen molar-refractivity contribution in [1.29, 1.82) is 0 Å². The molecule has 26 heavy (non-hydrogen) atoms. The molecule has 0 spiro atoms. The number of aromatic hydroxyl groups is 1. The number of rotatable bonds is 6. The van der Waals surface area contributed by atoms with Crippen LogP contribution in [0.15, 0.2) is 42.5 Å². The summed E-state index contributed by atoms with van der Waals surface area (Å²) in [7, 11) is 0. The SMILES string of the molecule is Cc1cc(O)ccc1C[C@H](NC(=O)C=Cc1cc(F)ccc1F)C(=O)O. The molecule has 136 valence electrons. The Bertz CT molecular complexity index is 865. The number of carboxylic acids is 1. The minimum absolute atomic E-state index is 0.00928. The number of amides is 1. The minimum Gasteiger partial charge on any atom is -0.508 e. The molecule has 0 bridgehead atoms. The van der Waals surface area contributed by atoms with Crippen molar-refractivity contribution in [1.82, 2.24) is 5.32 Å². The third-order valence-electron chi connectivity index (χ3n) is 3.74. The van der Waals surface area contributed by atoms with Crippen LogP contribution in [0.4, 0.5) is 8.78 Å². The molecule has 7 heteroatoms. The number of hydrogen-bond donors (Lipinski definition) is 3. The van der Waals surface area contributed by atoms with E-state index < -0.39 is 29.6 Å². The van der Waals surface area contributed by atoms with E-state index in [9.17, 15) is 28.6 Å². The van der Waals surface area contributed by atoms with Gasteiger partial charge in [0.25, 0.3) is 0 Å². The lowest BCUT2D eigenvalue weighted by Crippen LogP contribution is -2.41. The van der Waals surface area contributed by atoms with E-state index in [-0.39, 0.29) is 17.7 Å². The Labute approximate surface area is 148 Å². The molecule has 0 saturated heterocycles. The maximum atomic E-state index is 13.5. The van der Waals surface area contributed by atoms with Gasteiger partial charge >= 0.3 is 5.97 Å². The summed E-state index contributed by atoms with van der Waals surface area (Å²) in [6.45, 7) is 1.71. The van der Waals surface area contributed by atoms with Gasteiger partial charge in [0.15, 0.2) is 0 Å². The summed E-state index contributed by atoms with van der Waals surface area (Å²) in [4.78, 5) is 23.3. The van der Waals surface area contributed by atoms with E-state index in [1.54, 1.807) is 13.0 Å². The third kappa shape index (κ3) is 5.14. The lowest BCUT2D eigenvalue weighted by molar-refractivity contribution is -0.141. The molecule has 0 aliphatic carbocycles. The van der Waals surface area contributed by atoms with Crippen LogP contribution in [0.1, 0.15) is 16.7 Å². The number of aryl methyl sites for hydroxylation is 1. The zero-order chi connectivity index (χ0) is 19.3. The number of carbonyl (C=O) groups excluding carboxylic acids is 1. The van der Waals surface area contributed by atoms with Crippen molar-refractivity contribution >= 4 is 18.0 Å². The van der Waals surface area contributed by atoms with Crippen LogP contribution in [0.5, 0.6) is 5.75 Å². The highest BCUT2D eigenvalue weighted by Crippen LogP contribution is 2.17. The molecule has 0 fully saturated rings. The molecule has 0 aromatic heterocycles. The minimum atomic E-state index is -1.24. The smallest absolute Gasteiger partial charge is 0.326 e. The predicted octanol–water partition coefficient (Wildman–Crippen LogP) is 2.80. The van der Waals surface area contributed by atoms with Gasteiger partial charge in [-0.3, -0.25) is 4.79 Å². The molecular formula is C19H17F2NO4. The Morgan fingerprint density at radius 3 is 2.58 bits per heavy atom. The van der Waals surface area contributed by atoms with Gasteiger partial charge in [-0.05, 0) is 54.5 Å². The van der Waals surface area contributed by atoms with Crippen LogP contribution < -0.4 is 5.32 Å². The largest absolute Gasteiger partial charge is 0.508 e. The summed E-state index contributed by atoms with van der Waals surface area (Å²) >= 11 is 0. The molecule has 0 radical (unpaired) electrons. The third-order valence-corrected chi connectivity index (χ3v) is 3.74. The highest BCUT2D eigenvalue weighted by atomic mass is 19.1. The van der Waals surface area contributed by atoms with Gasteiger partial charge in [-0.15, -0.1) is 0 Å². The Balaban J connectivity index is 2.09. The molecule has 1 amide bonds. The van der Waals surface area contributed by atoms with Crippen LogP contribution in [0.2, 0.25) is 0 Å². The lowest BCUT2D eigenvalue weighted by Gasteiger charge is -2.15. The van der Waals surface area contributed by atoms with Crippen LogP contribution in [-0.4, -0.2) is 28.1 Å². The number of aliphatic carboxylic acids is 1. The van der Waals surface area contributed by atoms with Crippen molar-refractivity contribution < 1.29 is 28.6 Å². The standard InChI is InChI=1S/C19H17F2NO4/c1-11-8-15(23)5-2-12(11)10-17(19(25)26)22-18(24)7-3-13-9-14(20)4-6-16(13)21/h2-9,17,23H,10H2,1H3,(H,22,24)(H,25,26)/t17-/m0/s1. The van der Waals surface area contributed by atoms with Crippen molar-refractivity contribution in [2.75, 3.05) is 0 Å². The number of benzene rings is 2. The average molecular weight is 361 g/mol. The normalized spacial score (nSPS) is 12.1. The van der Waals surface area contributed by atoms with Crippen molar-refractivity contribution in [3.63, 3.8) is 0 Å². The molecule has 0 aliphatic heterocycles. The quantitative estimate of drug-likeness (QED) is 0.691. The highest BCUT2D eigenvalue weighted by Gasteiger charge is 2.20. The summed E-state index contributed by atoms with van der Waals surface area (Å²) in [5.74, 6) is -3.29. The van der Waals surface area contributed by atoms with Gasteiger partial charge in [-0.25, -0.2) is 13.6 Å². The van der Waals surface area contributed by atoms with Gasteiger partial charge in [0.2, 0.25) is 5.91 Å². The first-order chi connectivity index (χ1) is 12.3. The molecule has 0 saturated carbocycles. The molecule has 3 N–H and O–H groups in total. The van der Waals surface area contributed by atoms with Gasteiger partial charge in [0, 0.05) is 18.1 Å². The summed E-state index contributed by atoms with van der Waals surface area (Å²) in [6.07, 6.45) is 2.02. The summed E-state index contributed by atoms with van der Waals surface area (Å²) in [5.41, 5.74) is 1.21. The summed E-state index contributed by atoms with van der Waals surface area (Å²) in [5, 5.41) is 21.0. The fraction of sp³-hybridized carbons (Fsp3) is 0.158. The maximum absolute atomic E-state index is 13.5. The van der Waals surface area contributed by atoms with Gasteiger partial charge < -0.3 is 15.5 Å². The number of halogens is 2. The van der Waals surface area contributed by atoms with Crippen LogP contribution in [0.3, 0.4) is 0 Å². The van der Waals surface area contributed by atoms with Crippen molar-refractivity contribution in [2.24, 2.45) is 0 Å². The van der Waals surface area contributed by atoms with Crippen LogP contribution in [0, 0.1) is 18.6 Å². The first-order valence-electron chi connectivity index (χ1n) is 7.71. The molecule has 0 aliphatic rings. The fourth-order valence-corrected chi connectivity index (χ4v) is 2.36. The second-order valence-corrected chi connectivity index (χ2v) is 5.71. The van der Waals surface area contributed by atoms with E-state index in [4.69, 9.17) is 0 Å². The molecule has 2 aromatic rings. The predicted molar refractivity (Wildman–Crippen MR) is 91.5 cm³/mol. The Kier molecular flexibility index (Phi) is 6.06. The summed E-state index contributed by atoms with van der Waals surface area (Å²) < 4.78 is 26.6. The average Bonchev–Trinajstić information content (AvgIpc) is 2.57.